The van der Waals surface area contributed by atoms with Crippen molar-refractivity contribution in [1.82, 2.24) is 9.78 Å². The second-order valence-electron chi connectivity index (χ2n) is 4.30. The van der Waals surface area contributed by atoms with E-state index >= 15 is 0 Å². The first-order chi connectivity index (χ1) is 9.11. The third kappa shape index (κ3) is 2.93. The average Bonchev–Trinajstić information content (AvgIpc) is 2.76. The molecular formula is C14H17N3O2. The van der Waals surface area contributed by atoms with Crippen molar-refractivity contribution in [3.05, 3.63) is 41.7 Å². The van der Waals surface area contributed by atoms with Crippen LogP contribution in [-0.4, -0.2) is 22.4 Å². The number of nitrogens with zero attached hydrogens (tertiary/aromatic N) is 2. The normalized spacial score (nSPS) is 10.4. The lowest BCUT2D eigenvalue weighted by Gasteiger charge is -2.04. The molecule has 0 saturated carbocycles. The maximum atomic E-state index is 11.6. The van der Waals surface area contributed by atoms with Gasteiger partial charge in [-0.15, -0.1) is 0 Å². The van der Waals surface area contributed by atoms with E-state index in [0.717, 1.165) is 17.8 Å². The fourth-order valence-electron chi connectivity index (χ4n) is 1.63. The molecule has 0 fully saturated rings. The van der Waals surface area contributed by atoms with Gasteiger partial charge < -0.3 is 10.5 Å². The summed E-state index contributed by atoms with van der Waals surface area (Å²) in [6, 6.07) is 7.07. The predicted octanol–water partition coefficient (Wildman–Crippen LogP) is 2.33. The van der Waals surface area contributed by atoms with Crippen LogP contribution in [0.3, 0.4) is 0 Å². The lowest BCUT2D eigenvalue weighted by molar-refractivity contribution is 0.0505. The first-order valence-corrected chi connectivity index (χ1v) is 6.21. The van der Waals surface area contributed by atoms with Crippen molar-refractivity contribution in [3.63, 3.8) is 0 Å². The molecule has 2 rings (SSSR count). The van der Waals surface area contributed by atoms with E-state index < -0.39 is 0 Å². The molecule has 0 bridgehead atoms. The van der Waals surface area contributed by atoms with Crippen molar-refractivity contribution in [2.24, 2.45) is 0 Å². The summed E-state index contributed by atoms with van der Waals surface area (Å²) in [7, 11) is 0. The molecule has 2 N–H and O–H groups in total. The third-order valence-electron chi connectivity index (χ3n) is 2.74. The molecule has 1 aromatic carbocycles. The van der Waals surface area contributed by atoms with Crippen molar-refractivity contribution >= 4 is 11.7 Å². The van der Waals surface area contributed by atoms with Crippen LogP contribution in [0, 0.1) is 6.92 Å². The number of aromatic nitrogens is 2. The molecule has 5 nitrogen and oxygen atoms in total. The van der Waals surface area contributed by atoms with Gasteiger partial charge in [-0.1, -0.05) is 6.92 Å². The molecule has 1 heterocycles. The lowest BCUT2D eigenvalue weighted by Crippen LogP contribution is -2.06. The van der Waals surface area contributed by atoms with Gasteiger partial charge in [0.1, 0.15) is 0 Å². The zero-order valence-corrected chi connectivity index (χ0v) is 11.1. The van der Waals surface area contributed by atoms with Gasteiger partial charge in [0.2, 0.25) is 0 Å². The number of aryl methyl sites for hydroxylation is 1. The molecule has 5 heteroatoms. The van der Waals surface area contributed by atoms with Gasteiger partial charge in [-0.25, -0.2) is 9.48 Å². The highest BCUT2D eigenvalue weighted by atomic mass is 16.5. The van der Waals surface area contributed by atoms with E-state index in [1.165, 1.54) is 0 Å². The predicted molar refractivity (Wildman–Crippen MR) is 73.3 cm³/mol. The maximum Gasteiger partial charge on any atom is 0.338 e. The molecule has 0 atom stereocenters. The fourth-order valence-corrected chi connectivity index (χ4v) is 1.63. The van der Waals surface area contributed by atoms with Gasteiger partial charge in [0.25, 0.3) is 0 Å². The van der Waals surface area contributed by atoms with Crippen molar-refractivity contribution in [2.45, 2.75) is 20.3 Å². The molecule has 0 aliphatic carbocycles. The summed E-state index contributed by atoms with van der Waals surface area (Å²) in [6.45, 7) is 4.25. The number of ether oxygens (including phenoxy) is 1. The molecule has 100 valence electrons. The van der Waals surface area contributed by atoms with Crippen molar-refractivity contribution in [3.8, 4) is 5.69 Å². The van der Waals surface area contributed by atoms with E-state index in [0.29, 0.717) is 17.9 Å². The number of hydrogen-bond acceptors (Lipinski definition) is 4. The van der Waals surface area contributed by atoms with Crippen LogP contribution in [0.25, 0.3) is 5.69 Å². The van der Waals surface area contributed by atoms with E-state index in [1.807, 2.05) is 26.0 Å². The summed E-state index contributed by atoms with van der Waals surface area (Å²) in [5.74, 6) is -0.301. The van der Waals surface area contributed by atoms with Crippen LogP contribution in [0.4, 0.5) is 5.69 Å². The molecule has 1 aromatic heterocycles. The molecule has 2 aromatic rings. The Morgan fingerprint density at radius 2 is 2.05 bits per heavy atom. The van der Waals surface area contributed by atoms with E-state index in [-0.39, 0.29) is 5.97 Å². The highest BCUT2D eigenvalue weighted by Gasteiger charge is 2.08. The van der Waals surface area contributed by atoms with Gasteiger partial charge in [-0.05, 0) is 37.6 Å². The largest absolute Gasteiger partial charge is 0.462 e. The maximum absolute atomic E-state index is 11.6. The minimum Gasteiger partial charge on any atom is -0.462 e. The van der Waals surface area contributed by atoms with Crippen molar-refractivity contribution < 1.29 is 9.53 Å². The molecule has 0 unspecified atom stereocenters. The number of hydrogen-bond donors (Lipinski definition) is 1. The Kier molecular flexibility index (Phi) is 3.85. The SMILES string of the molecule is CCCOC(=O)c1ccc(-n2cc(N)c(C)n2)cc1. The molecule has 0 aliphatic heterocycles. The van der Waals surface area contributed by atoms with Crippen LogP contribution >= 0.6 is 0 Å². The van der Waals surface area contributed by atoms with Crippen LogP contribution in [0.1, 0.15) is 29.4 Å². The number of anilines is 1. The number of esters is 1. The fraction of sp³-hybridized carbons (Fsp3) is 0.286. The van der Waals surface area contributed by atoms with Gasteiger partial charge in [-0.2, -0.15) is 5.10 Å². The summed E-state index contributed by atoms with van der Waals surface area (Å²) in [6.07, 6.45) is 2.56. The van der Waals surface area contributed by atoms with Gasteiger partial charge in [0.05, 0.1) is 35.4 Å². The number of nitrogens with two attached hydrogens (primary N) is 1. The first kappa shape index (κ1) is 13.1. The molecular weight excluding hydrogens is 242 g/mol. The summed E-state index contributed by atoms with van der Waals surface area (Å²) < 4.78 is 6.75. The van der Waals surface area contributed by atoms with E-state index in [9.17, 15) is 4.79 Å². The molecule has 0 amide bonds. The topological polar surface area (TPSA) is 70.1 Å². The van der Waals surface area contributed by atoms with Crippen molar-refractivity contribution in [2.75, 3.05) is 12.3 Å². The third-order valence-corrected chi connectivity index (χ3v) is 2.74. The first-order valence-electron chi connectivity index (χ1n) is 6.21. The zero-order chi connectivity index (χ0) is 13.8. The van der Waals surface area contributed by atoms with Gasteiger partial charge in [0, 0.05) is 0 Å². The van der Waals surface area contributed by atoms with Gasteiger partial charge in [-0.3, -0.25) is 0 Å². The summed E-state index contributed by atoms with van der Waals surface area (Å²) >= 11 is 0. The molecule has 0 saturated heterocycles. The van der Waals surface area contributed by atoms with E-state index in [2.05, 4.69) is 5.10 Å². The summed E-state index contributed by atoms with van der Waals surface area (Å²) in [5, 5.41) is 4.28. The Balaban J connectivity index is 2.16. The summed E-state index contributed by atoms with van der Waals surface area (Å²) in [5.41, 5.74) is 8.57. The van der Waals surface area contributed by atoms with Crippen molar-refractivity contribution in [1.29, 1.82) is 0 Å². The van der Waals surface area contributed by atoms with Crippen LogP contribution in [0.2, 0.25) is 0 Å². The van der Waals surface area contributed by atoms with E-state index in [1.54, 1.807) is 23.0 Å². The molecule has 0 aliphatic rings. The Morgan fingerprint density at radius 3 is 2.58 bits per heavy atom. The average molecular weight is 259 g/mol. The van der Waals surface area contributed by atoms with Crippen LogP contribution in [0.15, 0.2) is 30.5 Å². The highest BCUT2D eigenvalue weighted by molar-refractivity contribution is 5.89. The Labute approximate surface area is 112 Å². The number of benzene rings is 1. The summed E-state index contributed by atoms with van der Waals surface area (Å²) in [4.78, 5) is 11.6. The lowest BCUT2D eigenvalue weighted by atomic mass is 10.2. The quantitative estimate of drug-likeness (QED) is 0.855. The molecule has 19 heavy (non-hydrogen) atoms. The van der Waals surface area contributed by atoms with Gasteiger partial charge >= 0.3 is 5.97 Å². The Bertz CT molecular complexity index is 553. The monoisotopic (exact) mass is 259 g/mol. The number of carbonyl (C=O) groups excluding carboxylic acids is 1. The minimum absolute atomic E-state index is 0.301. The standard InChI is InChI=1S/C14H17N3O2/c1-3-8-19-14(18)11-4-6-12(7-5-11)17-9-13(15)10(2)16-17/h4-7,9H,3,8,15H2,1-2H3. The smallest absolute Gasteiger partial charge is 0.338 e. The minimum atomic E-state index is -0.301. The molecule has 0 radical (unpaired) electrons. The Morgan fingerprint density at radius 1 is 1.37 bits per heavy atom. The highest BCUT2D eigenvalue weighted by Crippen LogP contribution is 2.14. The van der Waals surface area contributed by atoms with Crippen LogP contribution in [0.5, 0.6) is 0 Å². The second-order valence-corrected chi connectivity index (χ2v) is 4.30. The number of rotatable bonds is 4. The Hall–Kier alpha value is -2.30. The number of carbonyl (C=O) groups is 1. The number of nitrogen functional groups attached to an aromatic ring is 1. The van der Waals surface area contributed by atoms with Crippen LogP contribution < -0.4 is 5.73 Å². The zero-order valence-electron chi connectivity index (χ0n) is 11.1. The second kappa shape index (κ2) is 5.56. The van der Waals surface area contributed by atoms with Crippen LogP contribution in [-0.2, 0) is 4.74 Å². The van der Waals surface area contributed by atoms with E-state index in [4.69, 9.17) is 10.5 Å². The van der Waals surface area contributed by atoms with Gasteiger partial charge in [0.15, 0.2) is 0 Å². The molecule has 0 spiro atoms.